The summed E-state index contributed by atoms with van der Waals surface area (Å²) in [4.78, 5) is 22.1. The van der Waals surface area contributed by atoms with Crippen LogP contribution in [-0.4, -0.2) is 47.8 Å². The monoisotopic (exact) mass is 268 g/mol. The predicted octanol–water partition coefficient (Wildman–Crippen LogP) is -1.99. The third-order valence-corrected chi connectivity index (χ3v) is 2.60. The molecule has 0 heterocycles. The number of rotatable bonds is 7. The van der Waals surface area contributed by atoms with Crippen molar-refractivity contribution >= 4 is 21.9 Å². The van der Waals surface area contributed by atoms with Gasteiger partial charge in [-0.15, -0.1) is 0 Å². The molecule has 5 N–H and O–H groups in total. The smallest absolute Gasteiger partial charge is 0.267 e. The van der Waals surface area contributed by atoms with E-state index >= 15 is 0 Å². The second-order valence-electron chi connectivity index (χ2n) is 3.66. The van der Waals surface area contributed by atoms with E-state index in [1.807, 2.05) is 0 Å². The minimum atomic E-state index is -4.41. The Kier molecular flexibility index (Phi) is 6.07. The van der Waals surface area contributed by atoms with Crippen LogP contribution in [0.25, 0.3) is 0 Å². The van der Waals surface area contributed by atoms with E-state index in [0.717, 1.165) is 0 Å². The second kappa shape index (κ2) is 6.52. The van der Waals surface area contributed by atoms with E-state index in [-0.39, 0.29) is 12.8 Å². The average molecular weight is 268 g/mol. The Bertz CT molecular complexity index is 377. The summed E-state index contributed by atoms with van der Waals surface area (Å²) in [5, 5.41) is 11.0. The second-order valence-corrected chi connectivity index (χ2v) is 5.16. The molecule has 0 rings (SSSR count). The van der Waals surface area contributed by atoms with Crippen LogP contribution in [0.4, 0.5) is 0 Å². The molecular formula is C8H16N2O6S. The lowest BCUT2D eigenvalue weighted by molar-refractivity contribution is -0.127. The molecule has 17 heavy (non-hydrogen) atoms. The molecule has 0 fully saturated rings. The van der Waals surface area contributed by atoms with Crippen LogP contribution < -0.4 is 11.1 Å². The fourth-order valence-electron chi connectivity index (χ4n) is 1.01. The minimum absolute atomic E-state index is 0.0765. The minimum Gasteiger partial charge on any atom is -0.393 e. The van der Waals surface area contributed by atoms with E-state index in [0.29, 0.717) is 0 Å². The van der Waals surface area contributed by atoms with Crippen molar-refractivity contribution in [3.8, 4) is 0 Å². The number of carbonyl (C=O) groups excluding carboxylic acids is 2. The van der Waals surface area contributed by atoms with Gasteiger partial charge in [0, 0.05) is 6.42 Å². The predicted molar refractivity (Wildman–Crippen MR) is 58.5 cm³/mol. The molecule has 1 unspecified atom stereocenters. The summed E-state index contributed by atoms with van der Waals surface area (Å²) >= 11 is 0. The van der Waals surface area contributed by atoms with E-state index in [1.54, 1.807) is 0 Å². The van der Waals surface area contributed by atoms with Gasteiger partial charge >= 0.3 is 0 Å². The van der Waals surface area contributed by atoms with Crippen LogP contribution in [0.2, 0.25) is 0 Å². The fraction of sp³-hybridized carbons (Fsp3) is 0.750. The first-order valence-electron chi connectivity index (χ1n) is 4.83. The van der Waals surface area contributed by atoms with Gasteiger partial charge in [-0.05, 0) is 13.3 Å². The Morgan fingerprint density at radius 1 is 1.41 bits per heavy atom. The fourth-order valence-corrected chi connectivity index (χ4v) is 1.68. The first-order chi connectivity index (χ1) is 7.61. The largest absolute Gasteiger partial charge is 0.393 e. The van der Waals surface area contributed by atoms with Gasteiger partial charge in [0.05, 0.1) is 6.10 Å². The zero-order valence-electron chi connectivity index (χ0n) is 9.29. The molecule has 9 heteroatoms. The van der Waals surface area contributed by atoms with Crippen LogP contribution in [0.1, 0.15) is 19.8 Å². The number of amides is 2. The van der Waals surface area contributed by atoms with Crippen LogP contribution >= 0.6 is 0 Å². The van der Waals surface area contributed by atoms with Gasteiger partial charge in [-0.2, -0.15) is 8.42 Å². The summed E-state index contributed by atoms with van der Waals surface area (Å²) in [6.07, 6.45) is -0.592. The van der Waals surface area contributed by atoms with Crippen LogP contribution in [0.5, 0.6) is 0 Å². The van der Waals surface area contributed by atoms with Crippen LogP contribution in [0.3, 0.4) is 0 Å². The topological polar surface area (TPSA) is 147 Å². The molecular weight excluding hydrogens is 252 g/mol. The number of nitrogens with one attached hydrogen (secondary N) is 1. The van der Waals surface area contributed by atoms with Crippen molar-refractivity contribution in [2.75, 3.05) is 5.75 Å². The Morgan fingerprint density at radius 2 is 1.94 bits per heavy atom. The number of aliphatic hydroxyl groups excluding tert-OH is 1. The first kappa shape index (κ1) is 15.8. The lowest BCUT2D eigenvalue weighted by atomic mass is 10.2. The Labute approximate surface area is 98.9 Å². The van der Waals surface area contributed by atoms with Crippen molar-refractivity contribution in [3.63, 3.8) is 0 Å². The summed E-state index contributed by atoms with van der Waals surface area (Å²) in [6.45, 7) is 1.48. The normalized spacial score (nSPS) is 15.0. The highest BCUT2D eigenvalue weighted by Gasteiger charge is 2.23. The lowest BCUT2D eigenvalue weighted by Crippen LogP contribution is -2.48. The maximum atomic E-state index is 11.2. The van der Waals surface area contributed by atoms with Crippen molar-refractivity contribution in [2.24, 2.45) is 5.73 Å². The summed E-state index contributed by atoms with van der Waals surface area (Å²) < 4.78 is 29.6. The summed E-state index contributed by atoms with van der Waals surface area (Å²) in [6, 6.07) is -1.48. The highest BCUT2D eigenvalue weighted by atomic mass is 32.2. The quantitative estimate of drug-likeness (QED) is 0.393. The molecule has 0 aliphatic rings. The zero-order valence-corrected chi connectivity index (χ0v) is 10.1. The zero-order chi connectivity index (χ0) is 13.6. The van der Waals surface area contributed by atoms with Crippen molar-refractivity contribution < 1.29 is 27.7 Å². The molecule has 0 aromatic heterocycles. The SMILES string of the molecule is CC(O)CCC(=O)N[C@@H](CS(=O)(=O)O)C(N)=O. The molecule has 2 atom stereocenters. The first-order valence-corrected chi connectivity index (χ1v) is 6.44. The molecule has 8 nitrogen and oxygen atoms in total. The maximum absolute atomic E-state index is 11.2. The maximum Gasteiger partial charge on any atom is 0.267 e. The van der Waals surface area contributed by atoms with Gasteiger partial charge in [-0.3, -0.25) is 14.1 Å². The lowest BCUT2D eigenvalue weighted by Gasteiger charge is -2.14. The van der Waals surface area contributed by atoms with Gasteiger partial charge in [-0.25, -0.2) is 0 Å². The molecule has 0 spiro atoms. The molecule has 0 saturated heterocycles. The number of aliphatic hydroxyl groups is 1. The summed E-state index contributed by atoms with van der Waals surface area (Å²) in [5.74, 6) is -2.66. The van der Waals surface area contributed by atoms with Gasteiger partial charge in [0.2, 0.25) is 11.8 Å². The van der Waals surface area contributed by atoms with Crippen LogP contribution in [0.15, 0.2) is 0 Å². The molecule has 0 aromatic rings. The Hall–Kier alpha value is -1.19. The third-order valence-electron chi connectivity index (χ3n) is 1.85. The molecule has 2 amide bonds. The highest BCUT2D eigenvalue weighted by molar-refractivity contribution is 7.85. The van der Waals surface area contributed by atoms with Gasteiger partial charge in [0.15, 0.2) is 0 Å². The third kappa shape index (κ3) is 8.60. The molecule has 0 aliphatic carbocycles. The molecule has 0 aromatic carbocycles. The van der Waals surface area contributed by atoms with Gasteiger partial charge < -0.3 is 16.2 Å². The summed E-state index contributed by atoms with van der Waals surface area (Å²) in [5.41, 5.74) is 4.87. The average Bonchev–Trinajstić information content (AvgIpc) is 2.11. The van der Waals surface area contributed by atoms with Gasteiger partial charge in [-0.1, -0.05) is 0 Å². The van der Waals surface area contributed by atoms with E-state index in [4.69, 9.17) is 15.4 Å². The molecule has 100 valence electrons. The van der Waals surface area contributed by atoms with Gasteiger partial charge in [0.1, 0.15) is 11.8 Å². The Morgan fingerprint density at radius 3 is 2.29 bits per heavy atom. The number of hydrogen-bond donors (Lipinski definition) is 4. The van der Waals surface area contributed by atoms with E-state index in [1.165, 1.54) is 6.92 Å². The van der Waals surface area contributed by atoms with Crippen LogP contribution in [0, 0.1) is 0 Å². The molecule has 0 saturated carbocycles. The molecule has 0 aliphatic heterocycles. The molecule has 0 bridgehead atoms. The number of primary amides is 1. The highest BCUT2D eigenvalue weighted by Crippen LogP contribution is 1.97. The van der Waals surface area contributed by atoms with Crippen molar-refractivity contribution in [1.82, 2.24) is 5.32 Å². The van der Waals surface area contributed by atoms with Crippen molar-refractivity contribution in [1.29, 1.82) is 0 Å². The van der Waals surface area contributed by atoms with E-state index in [2.05, 4.69) is 5.32 Å². The standard InChI is InChI=1S/C8H16N2O6S/c1-5(11)2-3-7(12)10-6(8(9)13)4-17(14,15)16/h5-6,11H,2-4H2,1H3,(H2,9,13)(H,10,12)(H,14,15,16)/t5?,6-/m0/s1. The van der Waals surface area contributed by atoms with Crippen molar-refractivity contribution in [3.05, 3.63) is 0 Å². The number of hydrogen-bond acceptors (Lipinski definition) is 5. The van der Waals surface area contributed by atoms with Crippen LogP contribution in [-0.2, 0) is 19.7 Å². The molecule has 0 radical (unpaired) electrons. The summed E-state index contributed by atoms with van der Waals surface area (Å²) in [7, 11) is -4.41. The van der Waals surface area contributed by atoms with Gasteiger partial charge in [0.25, 0.3) is 10.1 Å². The van der Waals surface area contributed by atoms with E-state index in [9.17, 15) is 18.0 Å². The van der Waals surface area contributed by atoms with Crippen molar-refractivity contribution in [2.45, 2.75) is 31.9 Å². The number of nitrogens with two attached hydrogens (primary N) is 1. The Balaban J connectivity index is 4.36. The number of carbonyl (C=O) groups is 2. The van der Waals surface area contributed by atoms with E-state index < -0.39 is 39.8 Å².